The van der Waals surface area contributed by atoms with Crippen molar-refractivity contribution in [1.82, 2.24) is 9.38 Å². The van der Waals surface area contributed by atoms with Crippen molar-refractivity contribution in [3.63, 3.8) is 0 Å². The van der Waals surface area contributed by atoms with Crippen LogP contribution in [-0.4, -0.2) is 9.38 Å². The zero-order valence-corrected chi connectivity index (χ0v) is 8.04. The maximum atomic E-state index is 11.7. The summed E-state index contributed by atoms with van der Waals surface area (Å²) in [4.78, 5) is 15.7. The Labute approximate surface area is 89.2 Å². The summed E-state index contributed by atoms with van der Waals surface area (Å²) in [5.41, 5.74) is 0.970. The minimum Gasteiger partial charge on any atom is -0.423 e. The number of hydrogen-bond donors (Lipinski definition) is 0. The monoisotopic (exact) mass is 211 g/mol. The van der Waals surface area contributed by atoms with Gasteiger partial charge in [0.15, 0.2) is 11.3 Å². The molecule has 0 fully saturated rings. The van der Waals surface area contributed by atoms with Crippen LogP contribution in [0.1, 0.15) is 5.69 Å². The first-order valence-electron chi connectivity index (χ1n) is 4.61. The van der Waals surface area contributed by atoms with Gasteiger partial charge in [0.25, 0.3) is 5.56 Å². The third kappa shape index (κ3) is 1.04. The minimum atomic E-state index is -0.313. The number of fused-ring (bicyclic) bond motifs is 3. The van der Waals surface area contributed by atoms with Crippen molar-refractivity contribution in [1.29, 1.82) is 5.26 Å². The maximum Gasteiger partial charge on any atom is 0.311 e. The number of hydrogen-bond acceptors (Lipinski definition) is 4. The van der Waals surface area contributed by atoms with Crippen molar-refractivity contribution in [2.24, 2.45) is 0 Å². The van der Waals surface area contributed by atoms with Crippen LogP contribution in [0.4, 0.5) is 0 Å². The SMILES string of the molecule is N#Cc1cc(=O)n2c(n1)oc1ccccc12. The van der Waals surface area contributed by atoms with Gasteiger partial charge in [-0.1, -0.05) is 12.1 Å². The molecule has 0 saturated carbocycles. The molecule has 3 aromatic rings. The molecule has 2 heterocycles. The van der Waals surface area contributed by atoms with Crippen molar-refractivity contribution in [3.05, 3.63) is 46.4 Å². The second-order valence-corrected chi connectivity index (χ2v) is 3.28. The fourth-order valence-corrected chi connectivity index (χ4v) is 1.64. The molecule has 0 unspecified atom stereocenters. The molecule has 5 heteroatoms. The van der Waals surface area contributed by atoms with Gasteiger partial charge in [-0.05, 0) is 12.1 Å². The summed E-state index contributed by atoms with van der Waals surface area (Å²) in [6.07, 6.45) is 0. The van der Waals surface area contributed by atoms with Gasteiger partial charge in [-0.15, -0.1) is 0 Å². The summed E-state index contributed by atoms with van der Waals surface area (Å²) in [6.45, 7) is 0. The van der Waals surface area contributed by atoms with Crippen LogP contribution in [-0.2, 0) is 0 Å². The van der Waals surface area contributed by atoms with E-state index in [1.807, 2.05) is 12.1 Å². The Morgan fingerprint density at radius 2 is 2.19 bits per heavy atom. The second kappa shape index (κ2) is 2.94. The largest absolute Gasteiger partial charge is 0.423 e. The Bertz CT molecular complexity index is 792. The number of nitriles is 1. The highest BCUT2D eigenvalue weighted by Gasteiger charge is 2.09. The fraction of sp³-hybridized carbons (Fsp3) is 0. The molecule has 0 atom stereocenters. The maximum absolute atomic E-state index is 11.7. The molecule has 0 spiro atoms. The van der Waals surface area contributed by atoms with Crippen LogP contribution in [0.15, 0.2) is 39.5 Å². The van der Waals surface area contributed by atoms with E-state index in [0.717, 1.165) is 0 Å². The third-order valence-corrected chi connectivity index (χ3v) is 2.31. The van der Waals surface area contributed by atoms with Crippen molar-refractivity contribution in [3.8, 4) is 6.07 Å². The summed E-state index contributed by atoms with van der Waals surface area (Å²) in [5.74, 6) is 0.144. The predicted octanol–water partition coefficient (Wildman–Crippen LogP) is 1.31. The first-order valence-corrected chi connectivity index (χ1v) is 4.61. The molecule has 1 aromatic carbocycles. The van der Waals surface area contributed by atoms with Crippen molar-refractivity contribution >= 4 is 16.9 Å². The summed E-state index contributed by atoms with van der Waals surface area (Å²) in [6, 6.07) is 10.1. The highest BCUT2D eigenvalue weighted by Crippen LogP contribution is 2.16. The highest BCUT2D eigenvalue weighted by atomic mass is 16.4. The van der Waals surface area contributed by atoms with Gasteiger partial charge in [-0.25, -0.2) is 4.40 Å². The quantitative estimate of drug-likeness (QED) is 0.562. The van der Waals surface area contributed by atoms with E-state index in [-0.39, 0.29) is 17.1 Å². The topological polar surface area (TPSA) is 71.3 Å². The second-order valence-electron chi connectivity index (χ2n) is 3.28. The lowest BCUT2D eigenvalue weighted by atomic mass is 10.3. The summed E-state index contributed by atoms with van der Waals surface area (Å²) in [7, 11) is 0. The average molecular weight is 211 g/mol. The molecular weight excluding hydrogens is 206 g/mol. The first-order chi connectivity index (χ1) is 7.79. The zero-order chi connectivity index (χ0) is 11.1. The van der Waals surface area contributed by atoms with Crippen molar-refractivity contribution in [2.75, 3.05) is 0 Å². The molecule has 0 bridgehead atoms. The van der Waals surface area contributed by atoms with Crippen LogP contribution >= 0.6 is 0 Å². The molecule has 0 radical (unpaired) electrons. The smallest absolute Gasteiger partial charge is 0.311 e. The number of nitrogens with zero attached hydrogens (tertiary/aromatic N) is 3. The number of oxazole rings is 1. The van der Waals surface area contributed by atoms with Gasteiger partial charge >= 0.3 is 5.84 Å². The van der Waals surface area contributed by atoms with E-state index in [9.17, 15) is 4.79 Å². The molecule has 0 N–H and O–H groups in total. The van der Waals surface area contributed by atoms with Gasteiger partial charge in [0.1, 0.15) is 6.07 Å². The van der Waals surface area contributed by atoms with Gasteiger partial charge in [-0.3, -0.25) is 4.79 Å². The van der Waals surface area contributed by atoms with E-state index in [1.54, 1.807) is 18.2 Å². The van der Waals surface area contributed by atoms with E-state index in [2.05, 4.69) is 4.98 Å². The van der Waals surface area contributed by atoms with Gasteiger partial charge < -0.3 is 4.42 Å². The van der Waals surface area contributed by atoms with Gasteiger partial charge in [-0.2, -0.15) is 10.2 Å². The van der Waals surface area contributed by atoms with E-state index < -0.39 is 0 Å². The van der Waals surface area contributed by atoms with Crippen molar-refractivity contribution < 1.29 is 4.42 Å². The van der Waals surface area contributed by atoms with Crippen LogP contribution in [0.25, 0.3) is 16.9 Å². The highest BCUT2D eigenvalue weighted by molar-refractivity contribution is 5.76. The lowest BCUT2D eigenvalue weighted by Gasteiger charge is -1.90. The Kier molecular flexibility index (Phi) is 1.59. The summed E-state index contributed by atoms with van der Waals surface area (Å²) < 4.78 is 6.72. The normalized spacial score (nSPS) is 10.7. The molecule has 0 saturated heterocycles. The molecule has 0 aliphatic rings. The standard InChI is InChI=1S/C11H5N3O2/c12-6-7-5-10(15)14-8-3-1-2-4-9(8)16-11(14)13-7/h1-5H. The van der Waals surface area contributed by atoms with Crippen LogP contribution in [0.2, 0.25) is 0 Å². The van der Waals surface area contributed by atoms with E-state index in [4.69, 9.17) is 9.68 Å². The number of rotatable bonds is 0. The van der Waals surface area contributed by atoms with Gasteiger partial charge in [0.05, 0.1) is 5.52 Å². The molecule has 0 aliphatic carbocycles. The number of benzene rings is 1. The molecule has 2 aromatic heterocycles. The fourth-order valence-electron chi connectivity index (χ4n) is 1.64. The summed E-state index contributed by atoms with van der Waals surface area (Å²) in [5, 5.41) is 8.69. The van der Waals surface area contributed by atoms with E-state index in [1.165, 1.54) is 10.5 Å². The summed E-state index contributed by atoms with van der Waals surface area (Å²) >= 11 is 0. The molecule has 76 valence electrons. The van der Waals surface area contributed by atoms with Crippen LogP contribution in [0.5, 0.6) is 0 Å². The van der Waals surface area contributed by atoms with Crippen LogP contribution < -0.4 is 5.56 Å². The Hall–Kier alpha value is -2.61. The van der Waals surface area contributed by atoms with E-state index >= 15 is 0 Å². The number of para-hydroxylation sites is 2. The molecule has 3 rings (SSSR count). The van der Waals surface area contributed by atoms with Crippen LogP contribution in [0, 0.1) is 11.3 Å². The first kappa shape index (κ1) is 8.68. The number of aromatic nitrogens is 2. The predicted molar refractivity (Wildman–Crippen MR) is 55.9 cm³/mol. The molecule has 0 amide bonds. The van der Waals surface area contributed by atoms with Crippen LogP contribution in [0.3, 0.4) is 0 Å². The van der Waals surface area contributed by atoms with Gasteiger partial charge in [0.2, 0.25) is 0 Å². The molecule has 16 heavy (non-hydrogen) atoms. The van der Waals surface area contributed by atoms with Crippen molar-refractivity contribution in [2.45, 2.75) is 0 Å². The lowest BCUT2D eigenvalue weighted by molar-refractivity contribution is 0.633. The lowest BCUT2D eigenvalue weighted by Crippen LogP contribution is -2.12. The Morgan fingerprint density at radius 3 is 3.00 bits per heavy atom. The Morgan fingerprint density at radius 1 is 1.38 bits per heavy atom. The Balaban J connectivity index is 2.62. The third-order valence-electron chi connectivity index (χ3n) is 2.31. The molecular formula is C11H5N3O2. The minimum absolute atomic E-state index is 0.0593. The van der Waals surface area contributed by atoms with E-state index in [0.29, 0.717) is 11.1 Å². The van der Waals surface area contributed by atoms with Gasteiger partial charge in [0, 0.05) is 6.07 Å². The average Bonchev–Trinajstić information content (AvgIpc) is 2.67. The zero-order valence-electron chi connectivity index (χ0n) is 8.04. The molecule has 5 nitrogen and oxygen atoms in total. The molecule has 0 aliphatic heterocycles.